The number of para-hydroxylation sites is 1. The third-order valence-electron chi connectivity index (χ3n) is 8.73. The average molecular weight is 462 g/mol. The summed E-state index contributed by atoms with van der Waals surface area (Å²) < 4.78 is 6.51. The average Bonchev–Trinajstić information content (AvgIpc) is 3.59. The minimum Gasteiger partial charge on any atom is -0.456 e. The molecule has 2 heterocycles. The van der Waals surface area contributed by atoms with Gasteiger partial charge in [-0.2, -0.15) is 0 Å². The van der Waals surface area contributed by atoms with E-state index in [0.29, 0.717) is 11.8 Å². The maximum atomic E-state index is 6.51. The fourth-order valence-electron chi connectivity index (χ4n) is 7.09. The molecule has 2 atom stereocenters. The SMILES string of the molecule is C1=CC(C2C=Cc3oc4cc5c6c(cccc6c4c3C2)-c2ccccc2-5)Cc2c1[nH]c1ccccc21. The Kier molecular flexibility index (Phi) is 3.51. The molecule has 4 aromatic carbocycles. The van der Waals surface area contributed by atoms with Crippen molar-refractivity contribution in [2.75, 3.05) is 0 Å². The van der Waals surface area contributed by atoms with Crippen molar-refractivity contribution < 1.29 is 4.42 Å². The summed E-state index contributed by atoms with van der Waals surface area (Å²) in [6.07, 6.45) is 11.4. The number of rotatable bonds is 1. The Balaban J connectivity index is 1.17. The first-order chi connectivity index (χ1) is 17.8. The Bertz CT molecular complexity index is 1960. The predicted molar refractivity (Wildman–Crippen MR) is 149 cm³/mol. The van der Waals surface area contributed by atoms with Crippen LogP contribution in [0.25, 0.3) is 67.1 Å². The molecule has 0 aliphatic heterocycles. The van der Waals surface area contributed by atoms with Gasteiger partial charge in [-0.1, -0.05) is 72.8 Å². The molecule has 0 saturated carbocycles. The minimum absolute atomic E-state index is 0.455. The Hall–Kier alpha value is -4.30. The third-order valence-corrected chi connectivity index (χ3v) is 8.73. The van der Waals surface area contributed by atoms with Crippen LogP contribution in [0.4, 0.5) is 0 Å². The summed E-state index contributed by atoms with van der Waals surface area (Å²) in [6.45, 7) is 0. The van der Waals surface area contributed by atoms with Crippen LogP contribution in [0.2, 0.25) is 0 Å². The molecule has 0 radical (unpaired) electrons. The molecule has 0 spiro atoms. The summed E-state index contributed by atoms with van der Waals surface area (Å²) in [5.74, 6) is 1.97. The topological polar surface area (TPSA) is 28.9 Å². The van der Waals surface area contributed by atoms with Gasteiger partial charge in [0.2, 0.25) is 0 Å². The molecule has 170 valence electrons. The van der Waals surface area contributed by atoms with Gasteiger partial charge in [0.25, 0.3) is 0 Å². The van der Waals surface area contributed by atoms with E-state index in [9.17, 15) is 0 Å². The molecule has 3 aliphatic carbocycles. The maximum absolute atomic E-state index is 6.51. The number of H-pyrrole nitrogens is 1. The molecular formula is C34H23NO. The molecule has 0 saturated heterocycles. The Morgan fingerprint density at radius 3 is 2.28 bits per heavy atom. The van der Waals surface area contributed by atoms with Gasteiger partial charge in [0.05, 0.1) is 0 Å². The second-order valence-electron chi connectivity index (χ2n) is 10.5. The largest absolute Gasteiger partial charge is 0.456 e. The summed E-state index contributed by atoms with van der Waals surface area (Å²) in [6, 6.07) is 26.5. The lowest BCUT2D eigenvalue weighted by molar-refractivity contribution is 0.460. The van der Waals surface area contributed by atoms with Gasteiger partial charge in [0, 0.05) is 27.5 Å². The van der Waals surface area contributed by atoms with E-state index in [4.69, 9.17) is 4.42 Å². The highest BCUT2D eigenvalue weighted by Gasteiger charge is 2.31. The van der Waals surface area contributed by atoms with Gasteiger partial charge in [-0.15, -0.1) is 0 Å². The molecule has 2 unspecified atom stereocenters. The number of furan rings is 1. The van der Waals surface area contributed by atoms with Gasteiger partial charge in [0.1, 0.15) is 11.3 Å². The number of aromatic nitrogens is 1. The second kappa shape index (κ2) is 6.67. The quantitative estimate of drug-likeness (QED) is 0.260. The highest BCUT2D eigenvalue weighted by Crippen LogP contribution is 2.51. The van der Waals surface area contributed by atoms with E-state index in [1.54, 1.807) is 0 Å². The van der Waals surface area contributed by atoms with E-state index in [1.165, 1.54) is 66.1 Å². The molecule has 9 rings (SSSR count). The molecule has 1 N–H and O–H groups in total. The Labute approximate surface area is 208 Å². The van der Waals surface area contributed by atoms with E-state index >= 15 is 0 Å². The van der Waals surface area contributed by atoms with Gasteiger partial charge in [0.15, 0.2) is 0 Å². The number of hydrogen-bond acceptors (Lipinski definition) is 1. The van der Waals surface area contributed by atoms with Crippen molar-refractivity contribution in [3.8, 4) is 22.3 Å². The number of fused-ring (bicyclic) bond motifs is 10. The summed E-state index contributed by atoms with van der Waals surface area (Å²) in [7, 11) is 0. The van der Waals surface area contributed by atoms with Crippen molar-refractivity contribution in [3.05, 3.63) is 108 Å². The minimum atomic E-state index is 0.455. The number of hydrogen-bond donors (Lipinski definition) is 1. The van der Waals surface area contributed by atoms with Crippen LogP contribution in [0, 0.1) is 11.8 Å². The monoisotopic (exact) mass is 461 g/mol. The summed E-state index contributed by atoms with van der Waals surface area (Å²) in [5.41, 5.74) is 11.6. The van der Waals surface area contributed by atoms with Crippen molar-refractivity contribution in [2.45, 2.75) is 12.8 Å². The zero-order valence-electron chi connectivity index (χ0n) is 19.7. The zero-order valence-corrected chi connectivity index (χ0v) is 19.7. The van der Waals surface area contributed by atoms with Crippen LogP contribution in [-0.2, 0) is 12.8 Å². The second-order valence-corrected chi connectivity index (χ2v) is 10.5. The molecule has 2 aromatic heterocycles. The molecule has 0 amide bonds. The number of benzene rings is 4. The first-order valence-corrected chi connectivity index (χ1v) is 12.9. The molecule has 3 aliphatic rings. The van der Waals surface area contributed by atoms with Crippen molar-refractivity contribution in [3.63, 3.8) is 0 Å². The smallest absolute Gasteiger partial charge is 0.136 e. The van der Waals surface area contributed by atoms with Crippen LogP contribution in [-0.4, -0.2) is 4.98 Å². The van der Waals surface area contributed by atoms with E-state index in [1.807, 2.05) is 0 Å². The van der Waals surface area contributed by atoms with Crippen LogP contribution < -0.4 is 0 Å². The van der Waals surface area contributed by atoms with Gasteiger partial charge in [-0.3, -0.25) is 0 Å². The van der Waals surface area contributed by atoms with E-state index in [2.05, 4.69) is 102 Å². The molecule has 6 aromatic rings. The molecule has 36 heavy (non-hydrogen) atoms. The lowest BCUT2D eigenvalue weighted by Crippen LogP contribution is -2.20. The molecule has 2 heteroatoms. The van der Waals surface area contributed by atoms with E-state index < -0.39 is 0 Å². The van der Waals surface area contributed by atoms with E-state index in [-0.39, 0.29) is 0 Å². The number of nitrogens with one attached hydrogen (secondary N) is 1. The van der Waals surface area contributed by atoms with Crippen molar-refractivity contribution in [1.29, 1.82) is 0 Å². The van der Waals surface area contributed by atoms with Crippen LogP contribution in [0.3, 0.4) is 0 Å². The van der Waals surface area contributed by atoms with Gasteiger partial charge in [-0.25, -0.2) is 0 Å². The molecule has 0 bridgehead atoms. The van der Waals surface area contributed by atoms with Gasteiger partial charge in [-0.05, 0) is 87.6 Å². The number of aromatic amines is 1. The van der Waals surface area contributed by atoms with Crippen LogP contribution in [0.1, 0.15) is 22.6 Å². The molecule has 0 fully saturated rings. The first-order valence-electron chi connectivity index (χ1n) is 12.9. The third kappa shape index (κ3) is 2.37. The number of allylic oxidation sites excluding steroid dienone is 2. The lowest BCUT2D eigenvalue weighted by atomic mass is 9.77. The normalized spacial score (nSPS) is 19.2. The summed E-state index contributed by atoms with van der Waals surface area (Å²) >= 11 is 0. The fraction of sp³-hybridized carbons (Fsp3) is 0.118. The predicted octanol–water partition coefficient (Wildman–Crippen LogP) is 8.79. The zero-order chi connectivity index (χ0) is 23.4. The lowest BCUT2D eigenvalue weighted by Gasteiger charge is -2.26. The standard InChI is InChI=1S/C34H23NO/c1-2-7-22-21(6-1)24-9-5-10-25-33(24)27(22)18-32-34(25)28-17-20(13-15-31(28)36-32)19-12-14-30-26(16-19)23-8-3-4-11-29(23)35-30/h1-15,18-20,35H,16-17H2. The Morgan fingerprint density at radius 2 is 1.36 bits per heavy atom. The van der Waals surface area contributed by atoms with Crippen molar-refractivity contribution in [2.24, 2.45) is 11.8 Å². The Morgan fingerprint density at radius 1 is 0.639 bits per heavy atom. The molecular weight excluding hydrogens is 438 g/mol. The maximum Gasteiger partial charge on any atom is 0.136 e. The summed E-state index contributed by atoms with van der Waals surface area (Å²) in [5, 5.41) is 5.37. The van der Waals surface area contributed by atoms with Gasteiger partial charge >= 0.3 is 0 Å². The van der Waals surface area contributed by atoms with Crippen LogP contribution in [0.15, 0.2) is 89.4 Å². The van der Waals surface area contributed by atoms with Crippen LogP contribution >= 0.6 is 0 Å². The highest BCUT2D eigenvalue weighted by atomic mass is 16.3. The first kappa shape index (κ1) is 19.0. The van der Waals surface area contributed by atoms with Gasteiger partial charge < -0.3 is 9.40 Å². The van der Waals surface area contributed by atoms with Crippen molar-refractivity contribution >= 4 is 44.8 Å². The molecule has 2 nitrogen and oxygen atoms in total. The highest BCUT2D eigenvalue weighted by molar-refractivity contribution is 6.23. The van der Waals surface area contributed by atoms with Crippen LogP contribution in [0.5, 0.6) is 0 Å². The van der Waals surface area contributed by atoms with E-state index in [0.717, 1.165) is 24.2 Å². The summed E-state index contributed by atoms with van der Waals surface area (Å²) in [4.78, 5) is 3.60. The van der Waals surface area contributed by atoms with Crippen molar-refractivity contribution in [1.82, 2.24) is 4.98 Å². The fourth-order valence-corrected chi connectivity index (χ4v) is 7.09.